The van der Waals surface area contributed by atoms with Gasteiger partial charge in [-0.05, 0) is 23.8 Å². The molecule has 0 spiro atoms. The summed E-state index contributed by atoms with van der Waals surface area (Å²) in [4.78, 5) is 0. The Kier molecular flexibility index (Phi) is 4.65. The van der Waals surface area contributed by atoms with Crippen LogP contribution < -0.4 is 19.9 Å². The van der Waals surface area contributed by atoms with Crippen LogP contribution in [0.1, 0.15) is 17.2 Å². The standard InChI is InChI=1S/C16H18FNO3/c1-19-11-5-6-12(13(17)9-11)16(18)10-4-7-14(20-2)15(8-10)21-3/h4-9,16H,18H2,1-3H3. The summed E-state index contributed by atoms with van der Waals surface area (Å²) in [5.74, 6) is 1.20. The minimum atomic E-state index is -0.601. The van der Waals surface area contributed by atoms with Crippen LogP contribution in [-0.2, 0) is 0 Å². The first-order valence-electron chi connectivity index (χ1n) is 6.41. The Balaban J connectivity index is 2.37. The van der Waals surface area contributed by atoms with Crippen molar-refractivity contribution in [3.8, 4) is 17.2 Å². The van der Waals surface area contributed by atoms with Crippen LogP contribution in [0.5, 0.6) is 17.2 Å². The second-order valence-electron chi connectivity index (χ2n) is 4.48. The summed E-state index contributed by atoms with van der Waals surface area (Å²) in [7, 11) is 4.59. The van der Waals surface area contributed by atoms with E-state index >= 15 is 0 Å². The molecule has 2 aromatic carbocycles. The fraction of sp³-hybridized carbons (Fsp3) is 0.250. The number of methoxy groups -OCH3 is 3. The Labute approximate surface area is 123 Å². The molecule has 0 radical (unpaired) electrons. The van der Waals surface area contributed by atoms with Crippen molar-refractivity contribution in [2.45, 2.75) is 6.04 Å². The summed E-state index contributed by atoms with van der Waals surface area (Å²) < 4.78 is 29.5. The summed E-state index contributed by atoms with van der Waals surface area (Å²) in [5, 5.41) is 0. The number of benzene rings is 2. The molecule has 0 amide bonds. The lowest BCUT2D eigenvalue weighted by atomic mass is 9.98. The highest BCUT2D eigenvalue weighted by Crippen LogP contribution is 2.32. The van der Waals surface area contributed by atoms with Gasteiger partial charge in [0.25, 0.3) is 0 Å². The van der Waals surface area contributed by atoms with Gasteiger partial charge in [0.15, 0.2) is 11.5 Å². The number of nitrogens with two attached hydrogens (primary N) is 1. The van der Waals surface area contributed by atoms with Gasteiger partial charge in [-0.3, -0.25) is 0 Å². The second-order valence-corrected chi connectivity index (χ2v) is 4.48. The van der Waals surface area contributed by atoms with E-state index in [1.807, 2.05) is 0 Å². The zero-order valence-electron chi connectivity index (χ0n) is 12.2. The van der Waals surface area contributed by atoms with E-state index in [0.717, 1.165) is 5.56 Å². The third-order valence-corrected chi connectivity index (χ3v) is 3.31. The third-order valence-electron chi connectivity index (χ3n) is 3.31. The highest BCUT2D eigenvalue weighted by Gasteiger charge is 2.16. The average molecular weight is 291 g/mol. The van der Waals surface area contributed by atoms with Crippen LogP contribution in [0.3, 0.4) is 0 Å². The van der Waals surface area contributed by atoms with Gasteiger partial charge in [-0.15, -0.1) is 0 Å². The zero-order chi connectivity index (χ0) is 15.4. The maximum absolute atomic E-state index is 14.1. The maximum Gasteiger partial charge on any atom is 0.161 e. The zero-order valence-corrected chi connectivity index (χ0v) is 12.2. The van der Waals surface area contributed by atoms with E-state index in [0.29, 0.717) is 22.8 Å². The minimum absolute atomic E-state index is 0.392. The van der Waals surface area contributed by atoms with Crippen LogP contribution >= 0.6 is 0 Å². The van der Waals surface area contributed by atoms with E-state index in [9.17, 15) is 4.39 Å². The Morgan fingerprint density at radius 1 is 0.905 bits per heavy atom. The molecule has 0 aliphatic heterocycles. The number of ether oxygens (including phenoxy) is 3. The van der Waals surface area contributed by atoms with Crippen LogP contribution in [-0.4, -0.2) is 21.3 Å². The largest absolute Gasteiger partial charge is 0.497 e. The Morgan fingerprint density at radius 3 is 2.19 bits per heavy atom. The number of halogens is 1. The van der Waals surface area contributed by atoms with E-state index in [2.05, 4.69) is 0 Å². The van der Waals surface area contributed by atoms with E-state index in [1.165, 1.54) is 13.2 Å². The fourth-order valence-corrected chi connectivity index (χ4v) is 2.11. The van der Waals surface area contributed by atoms with Crippen LogP contribution in [0.15, 0.2) is 36.4 Å². The van der Waals surface area contributed by atoms with Gasteiger partial charge in [-0.1, -0.05) is 12.1 Å². The predicted octanol–water partition coefficient (Wildman–Crippen LogP) is 2.90. The van der Waals surface area contributed by atoms with Crippen molar-refractivity contribution in [2.24, 2.45) is 5.73 Å². The normalized spacial score (nSPS) is 11.9. The Hall–Kier alpha value is -2.27. The molecule has 0 aliphatic carbocycles. The van der Waals surface area contributed by atoms with E-state index in [-0.39, 0.29) is 0 Å². The third kappa shape index (κ3) is 3.08. The number of hydrogen-bond donors (Lipinski definition) is 1. The lowest BCUT2D eigenvalue weighted by Gasteiger charge is -2.16. The van der Waals surface area contributed by atoms with Crippen molar-refractivity contribution in [3.05, 3.63) is 53.3 Å². The summed E-state index contributed by atoms with van der Waals surface area (Å²) in [6.07, 6.45) is 0. The monoisotopic (exact) mass is 291 g/mol. The van der Waals surface area contributed by atoms with Crippen LogP contribution in [0, 0.1) is 5.82 Å². The molecule has 4 nitrogen and oxygen atoms in total. The quantitative estimate of drug-likeness (QED) is 0.920. The molecule has 0 saturated carbocycles. The van der Waals surface area contributed by atoms with Crippen LogP contribution in [0.4, 0.5) is 4.39 Å². The summed E-state index contributed by atoms with van der Waals surface area (Å²) in [6.45, 7) is 0. The molecule has 0 aliphatic rings. The van der Waals surface area contributed by atoms with Gasteiger partial charge in [0.1, 0.15) is 11.6 Å². The van der Waals surface area contributed by atoms with Crippen molar-refractivity contribution in [3.63, 3.8) is 0 Å². The van der Waals surface area contributed by atoms with Crippen molar-refractivity contribution < 1.29 is 18.6 Å². The maximum atomic E-state index is 14.1. The van der Waals surface area contributed by atoms with Crippen LogP contribution in [0.2, 0.25) is 0 Å². The molecule has 0 bridgehead atoms. The molecule has 0 heterocycles. The molecule has 1 atom stereocenters. The number of hydrogen-bond acceptors (Lipinski definition) is 4. The van der Waals surface area contributed by atoms with E-state index in [1.54, 1.807) is 44.6 Å². The second kappa shape index (κ2) is 6.45. The van der Waals surface area contributed by atoms with Gasteiger partial charge in [0.2, 0.25) is 0 Å². The first-order valence-corrected chi connectivity index (χ1v) is 6.41. The Morgan fingerprint density at radius 2 is 1.62 bits per heavy atom. The van der Waals surface area contributed by atoms with Gasteiger partial charge >= 0.3 is 0 Å². The molecule has 2 aromatic rings. The van der Waals surface area contributed by atoms with Gasteiger partial charge in [-0.2, -0.15) is 0 Å². The molecule has 0 saturated heterocycles. The summed E-state index contributed by atoms with van der Waals surface area (Å²) in [5.41, 5.74) is 7.27. The summed E-state index contributed by atoms with van der Waals surface area (Å²) in [6, 6.07) is 9.29. The molecule has 2 rings (SSSR count). The molecule has 2 N–H and O–H groups in total. The molecule has 0 fully saturated rings. The smallest absolute Gasteiger partial charge is 0.161 e. The van der Waals surface area contributed by atoms with Gasteiger partial charge in [0.05, 0.1) is 27.4 Å². The fourth-order valence-electron chi connectivity index (χ4n) is 2.11. The predicted molar refractivity (Wildman–Crippen MR) is 78.5 cm³/mol. The van der Waals surface area contributed by atoms with E-state index in [4.69, 9.17) is 19.9 Å². The Bertz CT molecular complexity index is 631. The number of rotatable bonds is 5. The molecule has 21 heavy (non-hydrogen) atoms. The van der Waals surface area contributed by atoms with Crippen LogP contribution in [0.25, 0.3) is 0 Å². The highest BCUT2D eigenvalue weighted by molar-refractivity contribution is 5.46. The molecule has 5 heteroatoms. The topological polar surface area (TPSA) is 53.7 Å². The van der Waals surface area contributed by atoms with Crippen molar-refractivity contribution in [1.29, 1.82) is 0 Å². The highest BCUT2D eigenvalue weighted by atomic mass is 19.1. The first-order chi connectivity index (χ1) is 10.1. The lowest BCUT2D eigenvalue weighted by molar-refractivity contribution is 0.354. The van der Waals surface area contributed by atoms with Gasteiger partial charge in [0, 0.05) is 11.6 Å². The van der Waals surface area contributed by atoms with Gasteiger partial charge in [-0.25, -0.2) is 4.39 Å². The minimum Gasteiger partial charge on any atom is -0.497 e. The average Bonchev–Trinajstić information content (AvgIpc) is 2.53. The lowest BCUT2D eigenvalue weighted by Crippen LogP contribution is -2.14. The van der Waals surface area contributed by atoms with Gasteiger partial charge < -0.3 is 19.9 Å². The van der Waals surface area contributed by atoms with Crippen molar-refractivity contribution in [1.82, 2.24) is 0 Å². The van der Waals surface area contributed by atoms with E-state index < -0.39 is 11.9 Å². The first kappa shape index (κ1) is 15.1. The SMILES string of the molecule is COc1ccc(C(N)c2ccc(OC)c(OC)c2)c(F)c1. The summed E-state index contributed by atoms with van der Waals surface area (Å²) >= 11 is 0. The molecule has 0 aromatic heterocycles. The molecule has 1 unspecified atom stereocenters. The molecular weight excluding hydrogens is 273 g/mol. The van der Waals surface area contributed by atoms with Crippen molar-refractivity contribution >= 4 is 0 Å². The molecular formula is C16H18FNO3. The molecule has 112 valence electrons. The van der Waals surface area contributed by atoms with Crippen molar-refractivity contribution in [2.75, 3.05) is 21.3 Å².